The van der Waals surface area contributed by atoms with Gasteiger partial charge in [0.15, 0.2) is 0 Å². The minimum atomic E-state index is -0.329. The van der Waals surface area contributed by atoms with Crippen molar-refractivity contribution in [3.63, 3.8) is 0 Å². The summed E-state index contributed by atoms with van der Waals surface area (Å²) >= 11 is 0. The average Bonchev–Trinajstić information content (AvgIpc) is 2.57. The molecule has 0 spiro atoms. The summed E-state index contributed by atoms with van der Waals surface area (Å²) in [6.07, 6.45) is 0. The van der Waals surface area contributed by atoms with Crippen molar-refractivity contribution >= 4 is 11.6 Å². The van der Waals surface area contributed by atoms with Crippen LogP contribution in [0.4, 0.5) is 5.69 Å². The molecule has 2 aromatic carbocycles. The molecule has 2 N–H and O–H groups in total. The van der Waals surface area contributed by atoms with Gasteiger partial charge < -0.3 is 15.4 Å². The zero-order chi connectivity index (χ0) is 17.7. The van der Waals surface area contributed by atoms with Gasteiger partial charge in [-0.1, -0.05) is 24.3 Å². The zero-order valence-electron chi connectivity index (χ0n) is 15.0. The number of ether oxygens (including phenoxy) is 1. The standard InChI is InChI=1S/C20H26N2O2/c1-13-10-11-17(12-14(13)2)21-16(4)20(23)22-15(3)18-8-6-7-9-19(18)24-5/h6-12,15-16,21H,1-5H3,(H,22,23). The van der Waals surface area contributed by atoms with Crippen molar-refractivity contribution < 1.29 is 9.53 Å². The first-order chi connectivity index (χ1) is 11.4. The molecule has 0 aliphatic carbocycles. The maximum atomic E-state index is 12.5. The normalized spacial score (nSPS) is 13.0. The first-order valence-corrected chi connectivity index (χ1v) is 8.19. The van der Waals surface area contributed by atoms with Crippen LogP contribution >= 0.6 is 0 Å². The number of carbonyl (C=O) groups excluding carboxylic acids is 1. The molecule has 4 nitrogen and oxygen atoms in total. The number of carbonyl (C=O) groups is 1. The van der Waals surface area contributed by atoms with Crippen molar-refractivity contribution in [1.29, 1.82) is 0 Å². The topological polar surface area (TPSA) is 50.4 Å². The van der Waals surface area contributed by atoms with Gasteiger partial charge in [-0.3, -0.25) is 4.79 Å². The van der Waals surface area contributed by atoms with E-state index in [1.807, 2.05) is 44.2 Å². The Morgan fingerprint density at radius 2 is 1.75 bits per heavy atom. The summed E-state index contributed by atoms with van der Waals surface area (Å²) in [5.74, 6) is 0.728. The SMILES string of the molecule is COc1ccccc1C(C)NC(=O)C(C)Nc1ccc(C)c(C)c1. The van der Waals surface area contributed by atoms with Crippen molar-refractivity contribution in [3.8, 4) is 5.75 Å². The molecular weight excluding hydrogens is 300 g/mol. The predicted molar refractivity (Wildman–Crippen MR) is 98.6 cm³/mol. The molecule has 0 aliphatic heterocycles. The van der Waals surface area contributed by atoms with Crippen LogP contribution in [0.2, 0.25) is 0 Å². The largest absolute Gasteiger partial charge is 0.496 e. The lowest BCUT2D eigenvalue weighted by Crippen LogP contribution is -2.39. The zero-order valence-corrected chi connectivity index (χ0v) is 15.0. The maximum absolute atomic E-state index is 12.5. The van der Waals surface area contributed by atoms with Crippen LogP contribution in [-0.4, -0.2) is 19.1 Å². The second kappa shape index (κ2) is 7.86. The molecule has 0 saturated heterocycles. The number of hydrogen-bond acceptors (Lipinski definition) is 3. The monoisotopic (exact) mass is 326 g/mol. The first kappa shape index (κ1) is 17.9. The van der Waals surface area contributed by atoms with Crippen LogP contribution in [0.5, 0.6) is 5.75 Å². The van der Waals surface area contributed by atoms with E-state index in [2.05, 4.69) is 36.6 Å². The van der Waals surface area contributed by atoms with Crippen LogP contribution in [0.15, 0.2) is 42.5 Å². The van der Waals surface area contributed by atoms with Gasteiger partial charge in [0.05, 0.1) is 13.2 Å². The number of hydrogen-bond donors (Lipinski definition) is 2. The van der Waals surface area contributed by atoms with E-state index in [0.29, 0.717) is 0 Å². The van der Waals surface area contributed by atoms with Gasteiger partial charge in [0.2, 0.25) is 5.91 Å². The Morgan fingerprint density at radius 3 is 2.42 bits per heavy atom. The average molecular weight is 326 g/mol. The van der Waals surface area contributed by atoms with Gasteiger partial charge in [-0.05, 0) is 57.0 Å². The Balaban J connectivity index is 2.01. The number of aryl methyl sites for hydroxylation is 2. The van der Waals surface area contributed by atoms with Gasteiger partial charge in [0, 0.05) is 11.3 Å². The molecule has 128 valence electrons. The molecule has 4 heteroatoms. The Labute approximate surface area is 144 Å². The Morgan fingerprint density at radius 1 is 1.04 bits per heavy atom. The smallest absolute Gasteiger partial charge is 0.242 e. The molecule has 24 heavy (non-hydrogen) atoms. The highest BCUT2D eigenvalue weighted by Gasteiger charge is 2.18. The van der Waals surface area contributed by atoms with E-state index in [-0.39, 0.29) is 18.0 Å². The molecule has 0 radical (unpaired) electrons. The highest BCUT2D eigenvalue weighted by atomic mass is 16.5. The third kappa shape index (κ3) is 4.28. The van der Waals surface area contributed by atoms with Crippen LogP contribution in [-0.2, 0) is 4.79 Å². The van der Waals surface area contributed by atoms with Crippen molar-refractivity contribution in [3.05, 3.63) is 59.2 Å². The van der Waals surface area contributed by atoms with Gasteiger partial charge in [-0.25, -0.2) is 0 Å². The Kier molecular flexibility index (Phi) is 5.85. The van der Waals surface area contributed by atoms with E-state index in [4.69, 9.17) is 4.74 Å². The fourth-order valence-corrected chi connectivity index (χ4v) is 2.59. The molecule has 0 aromatic heterocycles. The van der Waals surface area contributed by atoms with Gasteiger partial charge in [-0.2, -0.15) is 0 Å². The maximum Gasteiger partial charge on any atom is 0.242 e. The van der Waals surface area contributed by atoms with Crippen molar-refractivity contribution in [2.75, 3.05) is 12.4 Å². The van der Waals surface area contributed by atoms with Crippen LogP contribution < -0.4 is 15.4 Å². The third-order valence-corrected chi connectivity index (χ3v) is 4.25. The molecule has 2 unspecified atom stereocenters. The van der Waals surface area contributed by atoms with Crippen molar-refractivity contribution in [2.24, 2.45) is 0 Å². The number of methoxy groups -OCH3 is 1. The summed E-state index contributed by atoms with van der Waals surface area (Å²) < 4.78 is 5.36. The van der Waals surface area contributed by atoms with Gasteiger partial charge in [0.25, 0.3) is 0 Å². The van der Waals surface area contributed by atoms with Gasteiger partial charge in [0.1, 0.15) is 11.8 Å². The molecule has 2 atom stereocenters. The number of amides is 1. The van der Waals surface area contributed by atoms with Crippen molar-refractivity contribution in [2.45, 2.75) is 39.8 Å². The Bertz CT molecular complexity index is 713. The predicted octanol–water partition coefficient (Wildman–Crippen LogP) is 3.99. The number of para-hydroxylation sites is 1. The third-order valence-electron chi connectivity index (χ3n) is 4.25. The quantitative estimate of drug-likeness (QED) is 0.844. The van der Waals surface area contributed by atoms with E-state index in [9.17, 15) is 4.79 Å². The fourth-order valence-electron chi connectivity index (χ4n) is 2.59. The van der Waals surface area contributed by atoms with Gasteiger partial charge >= 0.3 is 0 Å². The molecule has 2 rings (SSSR count). The summed E-state index contributed by atoms with van der Waals surface area (Å²) in [6.45, 7) is 7.96. The number of anilines is 1. The molecule has 0 saturated carbocycles. The molecule has 0 aliphatic rings. The summed E-state index contributed by atoms with van der Waals surface area (Å²) in [5, 5.41) is 6.29. The molecule has 0 bridgehead atoms. The Hall–Kier alpha value is -2.49. The van der Waals surface area contributed by atoms with Crippen LogP contribution in [0.3, 0.4) is 0 Å². The first-order valence-electron chi connectivity index (χ1n) is 8.19. The lowest BCUT2D eigenvalue weighted by molar-refractivity contribution is -0.122. The van der Waals surface area contributed by atoms with Crippen LogP contribution in [0, 0.1) is 13.8 Å². The molecule has 2 aromatic rings. The van der Waals surface area contributed by atoms with E-state index in [1.165, 1.54) is 11.1 Å². The van der Waals surface area contributed by atoms with Crippen molar-refractivity contribution in [1.82, 2.24) is 5.32 Å². The fraction of sp³-hybridized carbons (Fsp3) is 0.350. The van der Waals surface area contributed by atoms with E-state index >= 15 is 0 Å². The highest BCUT2D eigenvalue weighted by molar-refractivity contribution is 5.84. The molecule has 1 amide bonds. The van der Waals surface area contributed by atoms with Crippen LogP contribution in [0.25, 0.3) is 0 Å². The highest BCUT2D eigenvalue weighted by Crippen LogP contribution is 2.24. The van der Waals surface area contributed by atoms with E-state index in [1.54, 1.807) is 7.11 Å². The van der Waals surface area contributed by atoms with E-state index < -0.39 is 0 Å². The lowest BCUT2D eigenvalue weighted by atomic mass is 10.1. The van der Waals surface area contributed by atoms with E-state index in [0.717, 1.165) is 17.0 Å². The van der Waals surface area contributed by atoms with Gasteiger partial charge in [-0.15, -0.1) is 0 Å². The summed E-state index contributed by atoms with van der Waals surface area (Å²) in [7, 11) is 1.64. The second-order valence-electron chi connectivity index (χ2n) is 6.14. The number of nitrogens with one attached hydrogen (secondary N) is 2. The molecular formula is C20H26N2O2. The summed E-state index contributed by atoms with van der Waals surface area (Å²) in [6, 6.07) is 13.4. The lowest BCUT2D eigenvalue weighted by Gasteiger charge is -2.21. The minimum absolute atomic E-state index is 0.0494. The minimum Gasteiger partial charge on any atom is -0.496 e. The van der Waals surface area contributed by atoms with Crippen LogP contribution in [0.1, 0.15) is 36.6 Å². The summed E-state index contributed by atoms with van der Waals surface area (Å²) in [5.41, 5.74) is 4.36. The second-order valence-corrected chi connectivity index (χ2v) is 6.14. The number of rotatable bonds is 6. The summed E-state index contributed by atoms with van der Waals surface area (Å²) in [4.78, 5) is 12.5. The number of benzene rings is 2. The molecule has 0 heterocycles. The molecule has 0 fully saturated rings.